The van der Waals surface area contributed by atoms with E-state index in [1.54, 1.807) is 37.3 Å². The quantitative estimate of drug-likeness (QED) is 0.505. The molecule has 1 heterocycles. The molecule has 0 atom stereocenters. The van der Waals surface area contributed by atoms with Crippen LogP contribution in [-0.4, -0.2) is 26.1 Å². The molecule has 29 heavy (non-hydrogen) atoms. The van der Waals surface area contributed by atoms with Gasteiger partial charge in [-0.25, -0.2) is 4.79 Å². The highest BCUT2D eigenvalue weighted by molar-refractivity contribution is 7.87. The van der Waals surface area contributed by atoms with E-state index in [1.165, 1.54) is 36.1 Å². The smallest absolute Gasteiger partial charge is 0.357 e. The Labute approximate surface area is 167 Å². The van der Waals surface area contributed by atoms with Gasteiger partial charge in [0.15, 0.2) is 5.69 Å². The Balaban J connectivity index is 2.14. The van der Waals surface area contributed by atoms with Gasteiger partial charge in [-0.05, 0) is 36.8 Å². The molecule has 0 fully saturated rings. The molecule has 0 aliphatic carbocycles. The minimum atomic E-state index is -4.15. The lowest BCUT2D eigenvalue weighted by Crippen LogP contribution is -2.14. The van der Waals surface area contributed by atoms with Crippen molar-refractivity contribution in [2.45, 2.75) is 11.8 Å². The van der Waals surface area contributed by atoms with Crippen molar-refractivity contribution in [2.75, 3.05) is 12.8 Å². The third-order valence-electron chi connectivity index (χ3n) is 4.21. The first-order valence-corrected chi connectivity index (χ1v) is 9.79. The largest absolute Gasteiger partial charge is 0.464 e. The number of anilines is 1. The van der Waals surface area contributed by atoms with Crippen molar-refractivity contribution in [1.82, 2.24) is 4.57 Å². The van der Waals surface area contributed by atoms with Crippen LogP contribution < -0.4 is 9.92 Å². The summed E-state index contributed by atoms with van der Waals surface area (Å²) in [7, 11) is -2.96. The molecule has 9 heteroatoms. The molecule has 148 valence electrons. The molecular formula is C20H17N3O5S. The van der Waals surface area contributed by atoms with E-state index < -0.39 is 16.1 Å². The van der Waals surface area contributed by atoms with E-state index in [4.69, 9.17) is 14.7 Å². The highest BCUT2D eigenvalue weighted by atomic mass is 32.2. The van der Waals surface area contributed by atoms with Gasteiger partial charge in [-0.3, -0.25) is 0 Å². The van der Waals surface area contributed by atoms with Crippen LogP contribution in [0.2, 0.25) is 0 Å². The van der Waals surface area contributed by atoms with Gasteiger partial charge in [0.1, 0.15) is 16.7 Å². The van der Waals surface area contributed by atoms with Crippen molar-refractivity contribution < 1.29 is 22.1 Å². The fraction of sp³-hybridized carbons (Fsp3) is 0.100. The lowest BCUT2D eigenvalue weighted by Gasteiger charge is -2.13. The molecule has 0 bridgehead atoms. The number of ether oxygens (including phenoxy) is 1. The van der Waals surface area contributed by atoms with Gasteiger partial charge in [0, 0.05) is 11.9 Å². The SMILES string of the molecule is COC(=O)c1c(N)c(C#N)cn1-c1ccc(C)c(S(=O)(=O)Oc2ccccc2)c1. The van der Waals surface area contributed by atoms with Gasteiger partial charge >= 0.3 is 16.1 Å². The van der Waals surface area contributed by atoms with Crippen LogP contribution in [0.15, 0.2) is 59.6 Å². The van der Waals surface area contributed by atoms with Gasteiger partial charge in [0.2, 0.25) is 0 Å². The average Bonchev–Trinajstić information content (AvgIpc) is 3.04. The van der Waals surface area contributed by atoms with Crippen LogP contribution in [0.3, 0.4) is 0 Å². The molecule has 2 aromatic carbocycles. The van der Waals surface area contributed by atoms with E-state index >= 15 is 0 Å². The number of carbonyl (C=O) groups is 1. The van der Waals surface area contributed by atoms with Crippen LogP contribution in [0.5, 0.6) is 5.75 Å². The third-order valence-corrected chi connectivity index (χ3v) is 5.60. The topological polar surface area (TPSA) is 124 Å². The summed E-state index contributed by atoms with van der Waals surface area (Å²) in [6.07, 6.45) is 1.35. The number of hydrogen-bond donors (Lipinski definition) is 1. The zero-order valence-electron chi connectivity index (χ0n) is 15.6. The molecule has 0 spiro atoms. The number of aromatic nitrogens is 1. The second kappa shape index (κ2) is 7.69. The second-order valence-corrected chi connectivity index (χ2v) is 7.59. The van der Waals surface area contributed by atoms with Crippen LogP contribution in [-0.2, 0) is 14.9 Å². The number of esters is 1. The second-order valence-electron chi connectivity index (χ2n) is 6.08. The highest BCUT2D eigenvalue weighted by Gasteiger charge is 2.24. The van der Waals surface area contributed by atoms with Crippen molar-refractivity contribution >= 4 is 21.8 Å². The van der Waals surface area contributed by atoms with Crippen molar-refractivity contribution in [3.8, 4) is 17.5 Å². The van der Waals surface area contributed by atoms with Crippen LogP contribution in [0, 0.1) is 18.3 Å². The molecule has 1 aromatic heterocycles. The van der Waals surface area contributed by atoms with E-state index in [0.29, 0.717) is 11.3 Å². The number of aryl methyl sites for hydroxylation is 1. The molecule has 0 saturated heterocycles. The fourth-order valence-corrected chi connectivity index (χ4v) is 3.96. The van der Waals surface area contributed by atoms with Crippen molar-refractivity contribution in [2.24, 2.45) is 0 Å². The van der Waals surface area contributed by atoms with E-state index in [0.717, 1.165) is 0 Å². The Morgan fingerprint density at radius 3 is 2.48 bits per heavy atom. The predicted molar refractivity (Wildman–Crippen MR) is 105 cm³/mol. The summed E-state index contributed by atoms with van der Waals surface area (Å²) in [4.78, 5) is 12.1. The third kappa shape index (κ3) is 3.79. The normalized spacial score (nSPS) is 10.9. The molecule has 8 nitrogen and oxygen atoms in total. The first kappa shape index (κ1) is 20.0. The van der Waals surface area contributed by atoms with E-state index in [-0.39, 0.29) is 27.6 Å². The minimum absolute atomic E-state index is 0.0510. The number of nitrogens with zero attached hydrogens (tertiary/aromatic N) is 2. The van der Waals surface area contributed by atoms with Crippen LogP contribution in [0.25, 0.3) is 5.69 Å². The molecule has 2 N–H and O–H groups in total. The Morgan fingerprint density at radius 1 is 1.17 bits per heavy atom. The highest BCUT2D eigenvalue weighted by Crippen LogP contribution is 2.28. The Hall–Kier alpha value is -3.77. The summed E-state index contributed by atoms with van der Waals surface area (Å²) in [5.41, 5.74) is 6.60. The molecular weight excluding hydrogens is 394 g/mol. The molecule has 0 aliphatic rings. The summed E-state index contributed by atoms with van der Waals surface area (Å²) >= 11 is 0. The maximum absolute atomic E-state index is 12.8. The molecule has 0 unspecified atom stereocenters. The number of nitrogen functional groups attached to an aromatic ring is 1. The zero-order valence-corrected chi connectivity index (χ0v) is 16.4. The van der Waals surface area contributed by atoms with Crippen LogP contribution in [0.4, 0.5) is 5.69 Å². The number of nitriles is 1. The van der Waals surface area contributed by atoms with E-state index in [1.807, 2.05) is 6.07 Å². The molecule has 0 saturated carbocycles. The lowest BCUT2D eigenvalue weighted by molar-refractivity contribution is 0.0593. The van der Waals surface area contributed by atoms with Gasteiger partial charge in [-0.2, -0.15) is 13.7 Å². The number of benzene rings is 2. The van der Waals surface area contributed by atoms with Crippen molar-refractivity contribution in [1.29, 1.82) is 5.26 Å². The van der Waals surface area contributed by atoms with E-state index in [9.17, 15) is 18.5 Å². The van der Waals surface area contributed by atoms with E-state index in [2.05, 4.69) is 0 Å². The Kier molecular flexibility index (Phi) is 5.30. The lowest BCUT2D eigenvalue weighted by atomic mass is 10.2. The maximum atomic E-state index is 12.8. The number of rotatable bonds is 5. The summed E-state index contributed by atoms with van der Waals surface area (Å²) in [5.74, 6) is -0.584. The molecule has 0 aliphatic heterocycles. The summed E-state index contributed by atoms with van der Waals surface area (Å²) in [6, 6.07) is 14.5. The summed E-state index contributed by atoms with van der Waals surface area (Å²) in [6.45, 7) is 1.62. The number of carbonyl (C=O) groups excluding carboxylic acids is 1. The number of hydrogen-bond acceptors (Lipinski definition) is 7. The number of nitrogens with two attached hydrogens (primary N) is 1. The maximum Gasteiger partial charge on any atom is 0.357 e. The van der Waals surface area contributed by atoms with Gasteiger partial charge in [-0.15, -0.1) is 0 Å². The zero-order chi connectivity index (χ0) is 21.2. The standard InChI is InChI=1S/C20H17N3O5S/c1-13-8-9-15(23-12-14(11-21)18(22)19(23)20(24)27-2)10-17(13)29(25,26)28-16-6-4-3-5-7-16/h3-10,12H,22H2,1-2H3. The molecule has 3 aromatic rings. The van der Waals surface area contributed by atoms with Gasteiger partial charge in [0.25, 0.3) is 0 Å². The summed E-state index contributed by atoms with van der Waals surface area (Å²) in [5, 5.41) is 9.24. The van der Waals surface area contributed by atoms with Gasteiger partial charge in [-0.1, -0.05) is 24.3 Å². The first-order valence-electron chi connectivity index (χ1n) is 8.38. The number of methoxy groups -OCH3 is 1. The van der Waals surface area contributed by atoms with Gasteiger partial charge < -0.3 is 19.2 Å². The molecule has 3 rings (SSSR count). The van der Waals surface area contributed by atoms with Crippen molar-refractivity contribution in [3.05, 3.63) is 71.5 Å². The number of para-hydroxylation sites is 1. The predicted octanol–water partition coefficient (Wildman–Crippen LogP) is 2.79. The monoisotopic (exact) mass is 411 g/mol. The van der Waals surface area contributed by atoms with Crippen molar-refractivity contribution in [3.63, 3.8) is 0 Å². The summed E-state index contributed by atoms with van der Waals surface area (Å²) < 4.78 is 36.9. The molecule has 0 amide bonds. The minimum Gasteiger partial charge on any atom is -0.464 e. The van der Waals surface area contributed by atoms with Crippen LogP contribution >= 0.6 is 0 Å². The van der Waals surface area contributed by atoms with Gasteiger partial charge in [0.05, 0.1) is 18.4 Å². The Morgan fingerprint density at radius 2 is 1.86 bits per heavy atom. The first-order chi connectivity index (χ1) is 13.8. The fourth-order valence-electron chi connectivity index (χ4n) is 2.77. The Bertz CT molecular complexity index is 1220. The molecule has 0 radical (unpaired) electrons. The average molecular weight is 411 g/mol. The van der Waals surface area contributed by atoms with Crippen LogP contribution in [0.1, 0.15) is 21.6 Å².